The molecule has 1 aliphatic carbocycles. The molecule has 1 atom stereocenters. The number of nitrogens with one attached hydrogen (secondary N) is 2. The first-order valence-corrected chi connectivity index (χ1v) is 31.0. The molecule has 7 rings (SSSR count). The van der Waals surface area contributed by atoms with Crippen LogP contribution in [-0.4, -0.2) is 147 Å². The number of allylic oxidation sites excluding steroid dienone is 1. The Bertz CT molecular complexity index is 2720. The third-order valence-corrected chi connectivity index (χ3v) is 19.3. The molecule has 1 unspecified atom stereocenters. The van der Waals surface area contributed by atoms with E-state index < -0.39 is 33.4 Å². The molecule has 4 aromatic rings. The molecule has 0 spiro atoms. The normalized spacial score (nSPS) is 18.1. The number of nitrogens with zero attached hydrogens (tertiary/aromatic N) is 4. The molecule has 2 heterocycles. The first-order valence-electron chi connectivity index (χ1n) is 24.5. The van der Waals surface area contributed by atoms with E-state index in [4.69, 9.17) is 20.6 Å². The number of hydrogen-bond acceptors (Lipinski definition) is 14. The number of piperazine rings is 2. The van der Waals surface area contributed by atoms with Gasteiger partial charge in [0.15, 0.2) is 9.84 Å². The Morgan fingerprint density at radius 3 is 2.08 bits per heavy atom. The number of hydrogen-bond donors (Lipinski definition) is 2. The number of carbonyl (C=O) groups excluding carboxylic acids is 1. The lowest BCUT2D eigenvalue weighted by atomic mass is 9.73. The van der Waals surface area contributed by atoms with E-state index >= 15 is 0 Å². The summed E-state index contributed by atoms with van der Waals surface area (Å²) in [6, 6.07) is 28.7. The second-order valence-corrected chi connectivity index (χ2v) is 26.8. The molecule has 2 N–H and O–H groups in total. The van der Waals surface area contributed by atoms with Crippen molar-refractivity contribution in [3.05, 3.63) is 119 Å². The van der Waals surface area contributed by atoms with Gasteiger partial charge in [0.1, 0.15) is 0 Å². The molecule has 19 heteroatoms. The zero-order chi connectivity index (χ0) is 50.8. The number of benzene rings is 4. The van der Waals surface area contributed by atoms with E-state index in [-0.39, 0.29) is 32.5 Å². The summed E-state index contributed by atoms with van der Waals surface area (Å²) in [5, 5.41) is 4.19. The van der Waals surface area contributed by atoms with Crippen LogP contribution in [0, 0.1) is 5.41 Å². The second-order valence-electron chi connectivity index (χ2n) is 19.4. The summed E-state index contributed by atoms with van der Waals surface area (Å²) in [7, 11) is -11.6. The molecule has 0 bridgehead atoms. The zero-order valence-electron chi connectivity index (χ0n) is 41.6. The van der Waals surface area contributed by atoms with Crippen LogP contribution in [0.3, 0.4) is 0 Å². The third-order valence-electron chi connectivity index (χ3n) is 13.4. The van der Waals surface area contributed by atoms with Crippen LogP contribution in [0.15, 0.2) is 117 Å². The Morgan fingerprint density at radius 1 is 0.817 bits per heavy atom. The summed E-state index contributed by atoms with van der Waals surface area (Å²) in [6.07, 6.45) is 4.61. The summed E-state index contributed by atoms with van der Waals surface area (Å²) < 4.78 is 80.5. The van der Waals surface area contributed by atoms with E-state index in [0.29, 0.717) is 38.2 Å². The van der Waals surface area contributed by atoms with Gasteiger partial charge in [-0.2, -0.15) is 0 Å². The maximum atomic E-state index is 13.8. The van der Waals surface area contributed by atoms with Crippen LogP contribution in [0.5, 0.6) is 0 Å². The van der Waals surface area contributed by atoms with Gasteiger partial charge in [-0.1, -0.05) is 61.4 Å². The minimum atomic E-state index is -4.48. The van der Waals surface area contributed by atoms with E-state index in [1.54, 1.807) is 37.7 Å². The standard InChI is InChI=1S/C52H70ClN6O8PS3/c1-6-66-68(61,67-7-2)34-33-56-25-27-58(28-26-56)38-44(39-69-46-11-9-8-10-12-46)54-49-22-21-47(35-50(49)70(5,62)63)71(64,65)55-51(60)41-15-19-45(20-16-41)59-31-29-57(30-32-59)37-42-36-52(3,4)24-23-48(42)40-13-17-43(53)18-14-40/h8-22,35,44,54H,6-7,23-34,36-39H2,1-5H3,(H,55,60). The average Bonchev–Trinajstić information content (AvgIpc) is 3.33. The van der Waals surface area contributed by atoms with Gasteiger partial charge in [-0.05, 0) is 116 Å². The second kappa shape index (κ2) is 24.5. The van der Waals surface area contributed by atoms with Crippen molar-refractivity contribution in [1.29, 1.82) is 0 Å². The molecule has 0 radical (unpaired) electrons. The Morgan fingerprint density at radius 2 is 1.45 bits per heavy atom. The lowest BCUT2D eigenvalue weighted by Gasteiger charge is -2.39. The number of carbonyl (C=O) groups is 1. The van der Waals surface area contributed by atoms with Crippen molar-refractivity contribution >= 4 is 73.7 Å². The van der Waals surface area contributed by atoms with Crippen molar-refractivity contribution < 1.29 is 35.2 Å². The predicted octanol–water partition coefficient (Wildman–Crippen LogP) is 9.10. The number of rotatable bonds is 22. The maximum absolute atomic E-state index is 13.8. The van der Waals surface area contributed by atoms with Gasteiger partial charge in [-0.3, -0.25) is 19.2 Å². The number of thioether (sulfide) groups is 1. The van der Waals surface area contributed by atoms with Crippen LogP contribution < -0.4 is 14.9 Å². The smallest absolute Gasteiger partial charge is 0.331 e. The molecule has 386 valence electrons. The fourth-order valence-corrected chi connectivity index (χ4v) is 14.2. The minimum Gasteiger partial charge on any atom is -0.379 e. The maximum Gasteiger partial charge on any atom is 0.331 e. The molecule has 2 aliphatic heterocycles. The molecule has 71 heavy (non-hydrogen) atoms. The number of sulfonamides is 1. The van der Waals surface area contributed by atoms with Crippen molar-refractivity contribution in [2.75, 3.05) is 114 Å². The molecule has 1 amide bonds. The van der Waals surface area contributed by atoms with Crippen LogP contribution in [-0.2, 0) is 33.5 Å². The van der Waals surface area contributed by atoms with Gasteiger partial charge in [0.05, 0.1) is 34.9 Å². The zero-order valence-corrected chi connectivity index (χ0v) is 45.7. The van der Waals surface area contributed by atoms with Crippen LogP contribution in [0.2, 0.25) is 5.02 Å². The number of amides is 1. The van der Waals surface area contributed by atoms with E-state index in [2.05, 4.69) is 55.6 Å². The molecule has 2 saturated heterocycles. The Kier molecular flexibility index (Phi) is 19.0. The van der Waals surface area contributed by atoms with Gasteiger partial charge in [0, 0.05) is 111 Å². The SMILES string of the molecule is CCOP(=O)(CCN1CCN(CC(CSc2ccccc2)Nc2ccc(S(=O)(=O)NC(=O)c3ccc(N4CCN(CC5=C(c6ccc(Cl)cc6)CCC(C)(C)C5)CC4)cc3)cc2S(C)(=O)=O)CC1)OCC. The fourth-order valence-electron chi connectivity index (χ4n) is 9.56. The van der Waals surface area contributed by atoms with Gasteiger partial charge < -0.3 is 24.2 Å². The average molecular weight is 1070 g/mol. The molecule has 0 saturated carbocycles. The highest BCUT2D eigenvalue weighted by Gasteiger charge is 2.31. The summed E-state index contributed by atoms with van der Waals surface area (Å²) >= 11 is 7.85. The summed E-state index contributed by atoms with van der Waals surface area (Å²) in [5.41, 5.74) is 5.80. The number of anilines is 2. The summed E-state index contributed by atoms with van der Waals surface area (Å²) in [6.45, 7) is 17.4. The monoisotopic (exact) mass is 1070 g/mol. The van der Waals surface area contributed by atoms with Crippen molar-refractivity contribution in [2.45, 2.75) is 67.7 Å². The minimum absolute atomic E-state index is 0.162. The van der Waals surface area contributed by atoms with Crippen LogP contribution in [0.25, 0.3) is 5.57 Å². The van der Waals surface area contributed by atoms with Crippen LogP contribution in [0.4, 0.5) is 11.4 Å². The van der Waals surface area contributed by atoms with E-state index in [0.717, 1.165) is 106 Å². The topological polar surface area (TPSA) is 158 Å². The molecule has 0 aromatic heterocycles. The summed E-state index contributed by atoms with van der Waals surface area (Å²) in [4.78, 5) is 23.4. The number of sulfone groups is 1. The quantitative estimate of drug-likeness (QED) is 0.0567. The van der Waals surface area contributed by atoms with Crippen molar-refractivity contribution in [2.24, 2.45) is 5.41 Å². The van der Waals surface area contributed by atoms with Gasteiger partial charge in [-0.25, -0.2) is 21.6 Å². The van der Waals surface area contributed by atoms with E-state index in [1.807, 2.05) is 54.6 Å². The van der Waals surface area contributed by atoms with Crippen molar-refractivity contribution in [3.63, 3.8) is 0 Å². The van der Waals surface area contributed by atoms with Crippen molar-refractivity contribution in [3.8, 4) is 0 Å². The van der Waals surface area contributed by atoms with Gasteiger partial charge in [-0.15, -0.1) is 11.8 Å². The molecule has 2 fully saturated rings. The van der Waals surface area contributed by atoms with Crippen molar-refractivity contribution in [1.82, 2.24) is 19.4 Å². The highest BCUT2D eigenvalue weighted by atomic mass is 35.5. The Hall–Kier alpha value is -3.74. The van der Waals surface area contributed by atoms with Gasteiger partial charge >= 0.3 is 7.60 Å². The Labute approximate surface area is 431 Å². The van der Waals surface area contributed by atoms with Crippen LogP contribution in [0.1, 0.15) is 62.9 Å². The molecule has 4 aromatic carbocycles. The van der Waals surface area contributed by atoms with E-state index in [9.17, 15) is 26.2 Å². The largest absolute Gasteiger partial charge is 0.379 e. The summed E-state index contributed by atoms with van der Waals surface area (Å²) in [5.74, 6) is -0.228. The Balaban J connectivity index is 0.970. The molecule has 3 aliphatic rings. The van der Waals surface area contributed by atoms with Crippen LogP contribution >= 0.6 is 31.0 Å². The predicted molar refractivity (Wildman–Crippen MR) is 288 cm³/mol. The number of halogens is 1. The molecular weight excluding hydrogens is 999 g/mol. The lowest BCUT2D eigenvalue weighted by molar-refractivity contribution is 0.0981. The fraction of sp³-hybridized carbons (Fsp3) is 0.481. The van der Waals surface area contributed by atoms with Gasteiger partial charge in [0.2, 0.25) is 0 Å². The third kappa shape index (κ3) is 15.6. The molecule has 14 nitrogen and oxygen atoms in total. The van der Waals surface area contributed by atoms with E-state index in [1.165, 1.54) is 28.8 Å². The van der Waals surface area contributed by atoms with Gasteiger partial charge in [0.25, 0.3) is 15.9 Å². The molecular formula is C52H70ClN6O8PS3. The first-order chi connectivity index (χ1) is 33.8. The lowest BCUT2D eigenvalue weighted by Crippen LogP contribution is -2.50. The highest BCUT2D eigenvalue weighted by molar-refractivity contribution is 7.99. The highest BCUT2D eigenvalue weighted by Crippen LogP contribution is 2.48. The first kappa shape index (κ1) is 55.0.